The van der Waals surface area contributed by atoms with Crippen molar-refractivity contribution in [1.82, 2.24) is 10.9 Å². The van der Waals surface area contributed by atoms with E-state index >= 15 is 0 Å². The maximum Gasteiger partial charge on any atom is 0.279 e. The van der Waals surface area contributed by atoms with Gasteiger partial charge in [-0.15, -0.1) is 0 Å². The van der Waals surface area contributed by atoms with Crippen molar-refractivity contribution >= 4 is 35.0 Å². The van der Waals surface area contributed by atoms with Crippen LogP contribution in [0.25, 0.3) is 0 Å². The third-order valence-corrected chi connectivity index (χ3v) is 3.18. The first-order chi connectivity index (χ1) is 9.93. The molecule has 0 bridgehead atoms. The molecule has 1 aromatic rings. The van der Waals surface area contributed by atoms with Gasteiger partial charge in [-0.2, -0.15) is 0 Å². The van der Waals surface area contributed by atoms with E-state index in [0.717, 1.165) is 12.8 Å². The molecule has 0 saturated carbocycles. The number of hydrogen-bond donors (Lipinski definition) is 2. The number of halogens is 2. The van der Waals surface area contributed by atoms with Gasteiger partial charge in [-0.05, 0) is 31.5 Å². The number of rotatable bonds is 6. The van der Waals surface area contributed by atoms with Gasteiger partial charge < -0.3 is 4.74 Å². The van der Waals surface area contributed by atoms with Crippen LogP contribution >= 0.6 is 23.2 Å². The first kappa shape index (κ1) is 17.6. The molecule has 0 radical (unpaired) electrons. The number of amides is 2. The number of unbranched alkanes of at least 4 members (excludes halogenated alkanes) is 1. The molecule has 0 heterocycles. The maximum atomic E-state index is 11.8. The van der Waals surface area contributed by atoms with Crippen LogP contribution in [0.2, 0.25) is 10.0 Å². The van der Waals surface area contributed by atoms with Crippen molar-refractivity contribution in [2.24, 2.45) is 0 Å². The van der Waals surface area contributed by atoms with Gasteiger partial charge in [-0.3, -0.25) is 20.4 Å². The molecule has 0 saturated heterocycles. The summed E-state index contributed by atoms with van der Waals surface area (Å²) in [6.07, 6.45) is 1.24. The second-order valence-electron chi connectivity index (χ2n) is 4.48. The summed E-state index contributed by atoms with van der Waals surface area (Å²) in [5.41, 5.74) is 4.64. The summed E-state index contributed by atoms with van der Waals surface area (Å²) < 4.78 is 5.42. The van der Waals surface area contributed by atoms with Crippen molar-refractivity contribution in [2.45, 2.75) is 39.2 Å². The summed E-state index contributed by atoms with van der Waals surface area (Å²) in [5.74, 6) is -0.353. The van der Waals surface area contributed by atoms with E-state index in [1.54, 1.807) is 19.1 Å². The fraction of sp³-hybridized carbons (Fsp3) is 0.429. The Kier molecular flexibility index (Phi) is 7.32. The Labute approximate surface area is 133 Å². The molecule has 0 aliphatic rings. The summed E-state index contributed by atoms with van der Waals surface area (Å²) in [4.78, 5) is 23.2. The third-order valence-electron chi connectivity index (χ3n) is 2.65. The predicted molar refractivity (Wildman–Crippen MR) is 82.4 cm³/mol. The summed E-state index contributed by atoms with van der Waals surface area (Å²) in [6, 6.07) is 4.71. The average molecular weight is 333 g/mol. The van der Waals surface area contributed by atoms with Crippen LogP contribution in [0.1, 0.15) is 33.1 Å². The van der Waals surface area contributed by atoms with Gasteiger partial charge >= 0.3 is 0 Å². The molecule has 1 atom stereocenters. The zero-order chi connectivity index (χ0) is 15.8. The second kappa shape index (κ2) is 8.74. The van der Waals surface area contributed by atoms with Crippen molar-refractivity contribution in [1.29, 1.82) is 0 Å². The van der Waals surface area contributed by atoms with Gasteiger partial charge in [0.25, 0.3) is 5.91 Å². The van der Waals surface area contributed by atoms with Gasteiger partial charge in [0.2, 0.25) is 5.91 Å². The SMILES string of the molecule is CCCCC(=O)NNC(=O)[C@@H](C)Oc1ccc(Cl)cc1Cl. The standard InChI is InChI=1S/C14H18Cl2N2O3/c1-3-4-5-13(19)17-18-14(20)9(2)21-12-7-6-10(15)8-11(12)16/h6-9H,3-5H2,1-2H3,(H,17,19)(H,18,20)/t9-/m1/s1. The molecule has 1 rings (SSSR count). The number of carbonyl (C=O) groups is 2. The first-order valence-corrected chi connectivity index (χ1v) is 7.40. The molecule has 2 amide bonds. The highest BCUT2D eigenvalue weighted by Gasteiger charge is 2.16. The normalized spacial score (nSPS) is 11.6. The molecule has 1 aromatic carbocycles. The van der Waals surface area contributed by atoms with Crippen molar-refractivity contribution in [3.05, 3.63) is 28.2 Å². The summed E-state index contributed by atoms with van der Waals surface area (Å²) in [6.45, 7) is 3.54. The van der Waals surface area contributed by atoms with Gasteiger partial charge in [0.15, 0.2) is 6.10 Å². The molecule has 5 nitrogen and oxygen atoms in total. The molecule has 116 valence electrons. The lowest BCUT2D eigenvalue weighted by Crippen LogP contribution is -2.47. The fourth-order valence-corrected chi connectivity index (χ4v) is 1.90. The average Bonchev–Trinajstić information content (AvgIpc) is 2.45. The van der Waals surface area contributed by atoms with E-state index < -0.39 is 12.0 Å². The smallest absolute Gasteiger partial charge is 0.279 e. The van der Waals surface area contributed by atoms with Crippen molar-refractivity contribution in [3.63, 3.8) is 0 Å². The monoisotopic (exact) mass is 332 g/mol. The highest BCUT2D eigenvalue weighted by molar-refractivity contribution is 6.35. The Morgan fingerprint density at radius 3 is 2.62 bits per heavy atom. The Bertz CT molecular complexity index is 509. The number of benzene rings is 1. The lowest BCUT2D eigenvalue weighted by Gasteiger charge is -2.16. The van der Waals surface area contributed by atoms with Crippen LogP contribution in [0.15, 0.2) is 18.2 Å². The van der Waals surface area contributed by atoms with Crippen LogP contribution < -0.4 is 15.6 Å². The minimum Gasteiger partial charge on any atom is -0.479 e. The third kappa shape index (κ3) is 6.23. The van der Waals surface area contributed by atoms with Crippen LogP contribution in [0.4, 0.5) is 0 Å². The predicted octanol–water partition coefficient (Wildman–Crippen LogP) is 3.10. The van der Waals surface area contributed by atoms with E-state index in [1.807, 2.05) is 6.92 Å². The maximum absolute atomic E-state index is 11.8. The van der Waals surface area contributed by atoms with Gasteiger partial charge in [-0.1, -0.05) is 36.5 Å². The number of carbonyl (C=O) groups excluding carboxylic acids is 2. The van der Waals surface area contributed by atoms with Gasteiger partial charge in [-0.25, -0.2) is 0 Å². The van der Waals surface area contributed by atoms with E-state index in [-0.39, 0.29) is 5.91 Å². The molecule has 0 aliphatic heterocycles. The van der Waals surface area contributed by atoms with E-state index in [0.29, 0.717) is 22.2 Å². The van der Waals surface area contributed by atoms with Crippen LogP contribution in [0.5, 0.6) is 5.75 Å². The van der Waals surface area contributed by atoms with Crippen LogP contribution in [-0.2, 0) is 9.59 Å². The highest BCUT2D eigenvalue weighted by Crippen LogP contribution is 2.28. The largest absolute Gasteiger partial charge is 0.479 e. The van der Waals surface area contributed by atoms with Gasteiger partial charge in [0.05, 0.1) is 5.02 Å². The fourth-order valence-electron chi connectivity index (χ4n) is 1.45. The Morgan fingerprint density at radius 2 is 2.00 bits per heavy atom. The van der Waals surface area contributed by atoms with Gasteiger partial charge in [0.1, 0.15) is 5.75 Å². The number of ether oxygens (including phenoxy) is 1. The zero-order valence-corrected chi connectivity index (χ0v) is 13.4. The zero-order valence-electron chi connectivity index (χ0n) is 11.9. The Hall–Kier alpha value is -1.46. The van der Waals surface area contributed by atoms with E-state index in [4.69, 9.17) is 27.9 Å². The number of hydrogen-bond acceptors (Lipinski definition) is 3. The summed E-state index contributed by atoms with van der Waals surface area (Å²) >= 11 is 11.7. The summed E-state index contributed by atoms with van der Waals surface area (Å²) in [7, 11) is 0. The van der Waals surface area contributed by atoms with Crippen molar-refractivity contribution in [2.75, 3.05) is 0 Å². The first-order valence-electron chi connectivity index (χ1n) is 6.64. The minimum absolute atomic E-state index is 0.234. The summed E-state index contributed by atoms with van der Waals surface area (Å²) in [5, 5.41) is 0.793. The molecular weight excluding hydrogens is 315 g/mol. The van der Waals surface area contributed by atoms with E-state index in [9.17, 15) is 9.59 Å². The second-order valence-corrected chi connectivity index (χ2v) is 5.32. The molecular formula is C14H18Cl2N2O3. The number of hydrazine groups is 1. The lowest BCUT2D eigenvalue weighted by molar-refractivity contribution is -0.132. The van der Waals surface area contributed by atoms with Crippen LogP contribution in [0, 0.1) is 0 Å². The van der Waals surface area contributed by atoms with E-state index in [1.165, 1.54) is 6.07 Å². The minimum atomic E-state index is -0.810. The molecule has 0 spiro atoms. The van der Waals surface area contributed by atoms with Crippen molar-refractivity contribution in [3.8, 4) is 5.75 Å². The molecule has 7 heteroatoms. The topological polar surface area (TPSA) is 67.4 Å². The van der Waals surface area contributed by atoms with E-state index in [2.05, 4.69) is 10.9 Å². The van der Waals surface area contributed by atoms with Crippen molar-refractivity contribution < 1.29 is 14.3 Å². The van der Waals surface area contributed by atoms with Crippen LogP contribution in [0.3, 0.4) is 0 Å². The van der Waals surface area contributed by atoms with Crippen LogP contribution in [-0.4, -0.2) is 17.9 Å². The molecule has 0 fully saturated rings. The van der Waals surface area contributed by atoms with Gasteiger partial charge in [0, 0.05) is 11.4 Å². The quantitative estimate of drug-likeness (QED) is 0.786. The Balaban J connectivity index is 2.45. The number of nitrogens with one attached hydrogen (secondary N) is 2. The molecule has 0 unspecified atom stereocenters. The lowest BCUT2D eigenvalue weighted by atomic mass is 10.2. The highest BCUT2D eigenvalue weighted by atomic mass is 35.5. The molecule has 0 aromatic heterocycles. The molecule has 0 aliphatic carbocycles. The Morgan fingerprint density at radius 1 is 1.29 bits per heavy atom. The molecule has 21 heavy (non-hydrogen) atoms. The molecule has 2 N–H and O–H groups in total.